The molecule has 1 aromatic heterocycles. The smallest absolute Gasteiger partial charge is 0.251 e. The first kappa shape index (κ1) is 16.5. The Hall–Kier alpha value is -1.95. The Bertz CT molecular complexity index is 647. The number of nitrogens with one attached hydrogen (secondary N) is 1. The largest absolute Gasteiger partial charge is 0.371 e. The van der Waals surface area contributed by atoms with Crippen molar-refractivity contribution >= 4 is 11.8 Å². The zero-order valence-electron chi connectivity index (χ0n) is 14.6. The van der Waals surface area contributed by atoms with Gasteiger partial charge in [-0.2, -0.15) is 0 Å². The molecular formula is C19H25N3O3. The van der Waals surface area contributed by atoms with E-state index in [4.69, 9.17) is 4.74 Å². The first-order valence-electron chi connectivity index (χ1n) is 9.17. The summed E-state index contributed by atoms with van der Waals surface area (Å²) in [6.07, 6.45) is 6.27. The first-order chi connectivity index (χ1) is 12.1. The van der Waals surface area contributed by atoms with Gasteiger partial charge in [-0.15, -0.1) is 0 Å². The molecular weight excluding hydrogens is 318 g/mol. The number of likely N-dealkylation sites (tertiary alicyclic amines) is 1. The van der Waals surface area contributed by atoms with Gasteiger partial charge < -0.3 is 15.0 Å². The summed E-state index contributed by atoms with van der Waals surface area (Å²) >= 11 is 0. The molecule has 2 amide bonds. The van der Waals surface area contributed by atoms with Crippen LogP contribution >= 0.6 is 0 Å². The fraction of sp³-hybridized carbons (Fsp3) is 0.632. The minimum Gasteiger partial charge on any atom is -0.371 e. The summed E-state index contributed by atoms with van der Waals surface area (Å²) in [4.78, 5) is 30.2. The highest BCUT2D eigenvalue weighted by atomic mass is 16.5. The third-order valence-electron chi connectivity index (χ3n) is 5.82. The zero-order chi connectivity index (χ0) is 17.4. The van der Waals surface area contributed by atoms with Crippen molar-refractivity contribution in [1.29, 1.82) is 0 Å². The lowest BCUT2D eigenvalue weighted by Gasteiger charge is -2.53. The highest BCUT2D eigenvalue weighted by molar-refractivity contribution is 5.93. The van der Waals surface area contributed by atoms with Gasteiger partial charge in [0, 0.05) is 30.4 Å². The van der Waals surface area contributed by atoms with Crippen LogP contribution in [0.3, 0.4) is 0 Å². The number of amides is 2. The van der Waals surface area contributed by atoms with Crippen LogP contribution in [0, 0.1) is 17.8 Å². The molecule has 4 rings (SSSR count). The molecule has 3 fully saturated rings. The molecule has 2 saturated heterocycles. The summed E-state index contributed by atoms with van der Waals surface area (Å²) in [5.74, 6) is 1.40. The predicted molar refractivity (Wildman–Crippen MR) is 91.8 cm³/mol. The van der Waals surface area contributed by atoms with E-state index in [2.05, 4.69) is 17.2 Å². The molecule has 0 bridgehead atoms. The van der Waals surface area contributed by atoms with Gasteiger partial charge in [-0.1, -0.05) is 6.92 Å². The second-order valence-corrected chi connectivity index (χ2v) is 7.86. The molecule has 3 atom stereocenters. The van der Waals surface area contributed by atoms with Crippen molar-refractivity contribution in [1.82, 2.24) is 15.2 Å². The van der Waals surface area contributed by atoms with E-state index in [1.165, 1.54) is 0 Å². The number of nitrogens with zero attached hydrogens (tertiary/aromatic N) is 2. The van der Waals surface area contributed by atoms with Crippen LogP contribution in [-0.4, -0.2) is 53.5 Å². The lowest BCUT2D eigenvalue weighted by molar-refractivity contribution is -0.189. The number of aromatic nitrogens is 1. The Morgan fingerprint density at radius 2 is 2.08 bits per heavy atom. The number of carbonyl (C=O) groups excluding carboxylic acids is 2. The van der Waals surface area contributed by atoms with E-state index in [9.17, 15) is 9.59 Å². The van der Waals surface area contributed by atoms with Crippen molar-refractivity contribution in [3.05, 3.63) is 30.1 Å². The summed E-state index contributed by atoms with van der Waals surface area (Å²) in [5.41, 5.74) is 0.505. The van der Waals surface area contributed by atoms with E-state index in [0.717, 1.165) is 32.4 Å². The summed E-state index contributed by atoms with van der Waals surface area (Å²) < 4.78 is 6.10. The second-order valence-electron chi connectivity index (χ2n) is 7.86. The quantitative estimate of drug-likeness (QED) is 0.899. The minimum absolute atomic E-state index is 0.0679. The van der Waals surface area contributed by atoms with E-state index in [-0.39, 0.29) is 17.4 Å². The predicted octanol–water partition coefficient (Wildman–Crippen LogP) is 1.47. The normalized spacial score (nSPS) is 29.8. The van der Waals surface area contributed by atoms with Crippen molar-refractivity contribution in [2.75, 3.05) is 26.2 Å². The Balaban J connectivity index is 1.19. The number of hydrogen-bond donors (Lipinski definition) is 1. The number of carbonyl (C=O) groups is 2. The summed E-state index contributed by atoms with van der Waals surface area (Å²) in [7, 11) is 0. The van der Waals surface area contributed by atoms with Crippen LogP contribution < -0.4 is 5.32 Å². The highest BCUT2D eigenvalue weighted by Crippen LogP contribution is 2.43. The third kappa shape index (κ3) is 3.40. The maximum atomic E-state index is 12.2. The molecule has 25 heavy (non-hydrogen) atoms. The van der Waals surface area contributed by atoms with Crippen LogP contribution in [0.5, 0.6) is 0 Å². The number of hydrogen-bond acceptors (Lipinski definition) is 4. The molecule has 1 spiro atoms. The van der Waals surface area contributed by atoms with Gasteiger partial charge in [0.05, 0.1) is 19.7 Å². The monoisotopic (exact) mass is 343 g/mol. The molecule has 3 unspecified atom stereocenters. The lowest BCUT2D eigenvalue weighted by Crippen LogP contribution is -2.66. The van der Waals surface area contributed by atoms with Crippen LogP contribution in [0.4, 0.5) is 0 Å². The van der Waals surface area contributed by atoms with Gasteiger partial charge in [-0.05, 0) is 43.2 Å². The average molecular weight is 343 g/mol. The van der Waals surface area contributed by atoms with Crippen molar-refractivity contribution in [3.8, 4) is 0 Å². The maximum absolute atomic E-state index is 12.2. The third-order valence-corrected chi connectivity index (χ3v) is 5.82. The average Bonchev–Trinajstić information content (AvgIpc) is 3.35. The van der Waals surface area contributed by atoms with Gasteiger partial charge >= 0.3 is 0 Å². The molecule has 2 aliphatic heterocycles. The topological polar surface area (TPSA) is 71.5 Å². The summed E-state index contributed by atoms with van der Waals surface area (Å²) in [5, 5.41) is 2.98. The minimum atomic E-state index is -0.126. The second kappa shape index (κ2) is 6.41. The molecule has 1 saturated carbocycles. The Kier molecular flexibility index (Phi) is 4.23. The fourth-order valence-corrected chi connectivity index (χ4v) is 3.88. The van der Waals surface area contributed by atoms with Gasteiger partial charge in [-0.25, -0.2) is 0 Å². The van der Waals surface area contributed by atoms with E-state index in [0.29, 0.717) is 36.5 Å². The van der Waals surface area contributed by atoms with Crippen molar-refractivity contribution in [2.45, 2.75) is 31.8 Å². The van der Waals surface area contributed by atoms with Crippen LogP contribution in [0.2, 0.25) is 0 Å². The molecule has 6 heteroatoms. The Morgan fingerprint density at radius 3 is 2.68 bits per heavy atom. The standard InChI is InChI=1S/C19H25N3O3/c1-13-8-16(13)18(24)22-11-19(12-22)5-2-14(10-25-19)9-21-17(23)15-3-6-20-7-4-15/h3-4,6-7,13-14,16H,2,5,8-12H2,1H3,(H,21,23). The van der Waals surface area contributed by atoms with Gasteiger partial charge in [0.25, 0.3) is 5.91 Å². The molecule has 3 aliphatic rings. The maximum Gasteiger partial charge on any atom is 0.251 e. The number of pyridine rings is 1. The van der Waals surface area contributed by atoms with Gasteiger partial charge in [-0.3, -0.25) is 14.6 Å². The van der Waals surface area contributed by atoms with Crippen LogP contribution in [0.1, 0.15) is 36.5 Å². The van der Waals surface area contributed by atoms with Crippen LogP contribution in [-0.2, 0) is 9.53 Å². The molecule has 1 aromatic rings. The molecule has 3 heterocycles. The first-order valence-corrected chi connectivity index (χ1v) is 9.17. The Labute approximate surface area is 147 Å². The lowest BCUT2D eigenvalue weighted by atomic mass is 9.82. The molecule has 1 N–H and O–H groups in total. The van der Waals surface area contributed by atoms with Gasteiger partial charge in [0.2, 0.25) is 5.91 Å². The van der Waals surface area contributed by atoms with E-state index >= 15 is 0 Å². The molecule has 1 aliphatic carbocycles. The highest BCUT2D eigenvalue weighted by Gasteiger charge is 2.52. The number of ether oxygens (including phenoxy) is 1. The van der Waals surface area contributed by atoms with E-state index in [1.54, 1.807) is 24.5 Å². The van der Waals surface area contributed by atoms with Crippen molar-refractivity contribution < 1.29 is 14.3 Å². The molecule has 134 valence electrons. The van der Waals surface area contributed by atoms with Crippen LogP contribution in [0.25, 0.3) is 0 Å². The van der Waals surface area contributed by atoms with E-state index < -0.39 is 0 Å². The fourth-order valence-electron chi connectivity index (χ4n) is 3.88. The SMILES string of the molecule is CC1CC1C(=O)N1CC2(CCC(CNC(=O)c3ccncc3)CO2)C1. The van der Waals surface area contributed by atoms with Crippen molar-refractivity contribution in [3.63, 3.8) is 0 Å². The van der Waals surface area contributed by atoms with Crippen LogP contribution in [0.15, 0.2) is 24.5 Å². The molecule has 0 radical (unpaired) electrons. The molecule has 6 nitrogen and oxygen atoms in total. The summed E-state index contributed by atoms with van der Waals surface area (Å²) in [6.45, 7) is 4.90. The summed E-state index contributed by atoms with van der Waals surface area (Å²) in [6, 6.07) is 3.42. The van der Waals surface area contributed by atoms with E-state index in [1.807, 2.05) is 4.90 Å². The van der Waals surface area contributed by atoms with Gasteiger partial charge in [0.1, 0.15) is 5.60 Å². The Morgan fingerprint density at radius 1 is 1.36 bits per heavy atom. The zero-order valence-corrected chi connectivity index (χ0v) is 14.6. The molecule has 0 aromatic carbocycles. The number of rotatable bonds is 4. The van der Waals surface area contributed by atoms with Gasteiger partial charge in [0.15, 0.2) is 0 Å². The van der Waals surface area contributed by atoms with Crippen molar-refractivity contribution in [2.24, 2.45) is 17.8 Å².